The molecule has 0 saturated carbocycles. The smallest absolute Gasteiger partial charge is 0.262 e. The molecule has 0 spiro atoms. The fourth-order valence-corrected chi connectivity index (χ4v) is 2.77. The molecule has 0 aromatic heterocycles. The van der Waals surface area contributed by atoms with E-state index in [1.54, 1.807) is 49.6 Å². The Morgan fingerprint density at radius 2 is 1.83 bits per heavy atom. The molecule has 30 heavy (non-hydrogen) atoms. The molecule has 7 nitrogen and oxygen atoms in total. The molecule has 0 aliphatic heterocycles. The quantitative estimate of drug-likeness (QED) is 0.468. The van der Waals surface area contributed by atoms with Gasteiger partial charge < -0.3 is 14.8 Å². The summed E-state index contributed by atoms with van der Waals surface area (Å²) in [6.45, 7) is 6.10. The first-order valence-corrected chi connectivity index (χ1v) is 9.93. The van der Waals surface area contributed by atoms with Crippen LogP contribution in [0.4, 0.5) is 0 Å². The van der Waals surface area contributed by atoms with E-state index in [4.69, 9.17) is 21.1 Å². The van der Waals surface area contributed by atoms with Crippen LogP contribution in [0.15, 0.2) is 47.6 Å². The van der Waals surface area contributed by atoms with Gasteiger partial charge in [-0.15, -0.1) is 0 Å². The Kier molecular flexibility index (Phi) is 8.68. The maximum absolute atomic E-state index is 12.6. The zero-order valence-corrected chi connectivity index (χ0v) is 18.2. The minimum absolute atomic E-state index is 0.137. The number of ether oxygens (including phenoxy) is 2. The Morgan fingerprint density at radius 3 is 2.43 bits per heavy atom. The summed E-state index contributed by atoms with van der Waals surface area (Å²) in [5, 5.41) is 7.27. The maximum atomic E-state index is 12.6. The summed E-state index contributed by atoms with van der Waals surface area (Å²) in [4.78, 5) is 25.0. The Labute approximate surface area is 181 Å². The molecule has 0 heterocycles. The summed E-state index contributed by atoms with van der Waals surface area (Å²) in [7, 11) is 1.55. The van der Waals surface area contributed by atoms with Crippen LogP contribution in [0.5, 0.6) is 11.5 Å². The van der Waals surface area contributed by atoms with E-state index in [0.29, 0.717) is 28.7 Å². The molecule has 2 N–H and O–H groups in total. The standard InChI is InChI=1S/C22H26ClN3O4/c1-5-30-18-11-6-15(12-19(18)29-4)13-24-26-22(28)20(14(2)3)25-21(27)16-7-9-17(23)10-8-16/h6-14,20H,5H2,1-4H3,(H,25,27)(H,26,28)/b24-13-. The molecular formula is C22H26ClN3O4. The van der Waals surface area contributed by atoms with Crippen molar-refractivity contribution in [2.24, 2.45) is 11.0 Å². The van der Waals surface area contributed by atoms with Gasteiger partial charge in [0.2, 0.25) is 0 Å². The number of nitrogens with zero attached hydrogens (tertiary/aromatic N) is 1. The lowest BCUT2D eigenvalue weighted by Gasteiger charge is -2.20. The fourth-order valence-electron chi connectivity index (χ4n) is 2.64. The lowest BCUT2D eigenvalue weighted by molar-refractivity contribution is -0.123. The van der Waals surface area contributed by atoms with Gasteiger partial charge in [-0.1, -0.05) is 25.4 Å². The second-order valence-corrected chi connectivity index (χ2v) is 7.22. The monoisotopic (exact) mass is 431 g/mol. The van der Waals surface area contributed by atoms with Crippen molar-refractivity contribution >= 4 is 29.6 Å². The second kappa shape index (κ2) is 11.2. The predicted octanol–water partition coefficient (Wildman–Crippen LogP) is 3.65. The second-order valence-electron chi connectivity index (χ2n) is 6.78. The topological polar surface area (TPSA) is 89.0 Å². The minimum atomic E-state index is -0.750. The van der Waals surface area contributed by atoms with Gasteiger partial charge in [-0.3, -0.25) is 9.59 Å². The van der Waals surface area contributed by atoms with Crippen LogP contribution in [0, 0.1) is 5.92 Å². The van der Waals surface area contributed by atoms with E-state index in [1.165, 1.54) is 6.21 Å². The van der Waals surface area contributed by atoms with E-state index < -0.39 is 11.9 Å². The first kappa shape index (κ1) is 23.2. The Balaban J connectivity index is 2.02. The van der Waals surface area contributed by atoms with Crippen LogP contribution in [0.2, 0.25) is 5.02 Å². The number of halogens is 1. The highest BCUT2D eigenvalue weighted by Gasteiger charge is 2.24. The molecule has 1 atom stereocenters. The fraction of sp³-hybridized carbons (Fsp3) is 0.318. The van der Waals surface area contributed by atoms with Gasteiger partial charge in [0.15, 0.2) is 11.5 Å². The number of carbonyl (C=O) groups is 2. The molecule has 2 aromatic rings. The van der Waals surface area contributed by atoms with Crippen LogP contribution in [0.25, 0.3) is 0 Å². The van der Waals surface area contributed by atoms with Crippen LogP contribution in [-0.2, 0) is 4.79 Å². The first-order valence-electron chi connectivity index (χ1n) is 9.55. The normalized spacial score (nSPS) is 11.9. The van der Waals surface area contributed by atoms with Crippen molar-refractivity contribution in [3.63, 3.8) is 0 Å². The third-order valence-corrected chi connectivity index (χ3v) is 4.47. The van der Waals surface area contributed by atoms with Crippen molar-refractivity contribution in [1.82, 2.24) is 10.7 Å². The zero-order valence-electron chi connectivity index (χ0n) is 17.4. The van der Waals surface area contributed by atoms with Gasteiger partial charge in [0, 0.05) is 10.6 Å². The van der Waals surface area contributed by atoms with Crippen molar-refractivity contribution in [3.05, 3.63) is 58.6 Å². The lowest BCUT2D eigenvalue weighted by Crippen LogP contribution is -2.48. The van der Waals surface area contributed by atoms with E-state index in [1.807, 2.05) is 20.8 Å². The number of benzene rings is 2. The third kappa shape index (κ3) is 6.49. The molecule has 0 radical (unpaired) electrons. The molecule has 2 aromatic carbocycles. The molecule has 0 aliphatic rings. The molecule has 2 amide bonds. The molecule has 1 unspecified atom stereocenters. The number of amides is 2. The van der Waals surface area contributed by atoms with Gasteiger partial charge in [0.25, 0.3) is 11.8 Å². The molecule has 8 heteroatoms. The van der Waals surface area contributed by atoms with Crippen LogP contribution >= 0.6 is 11.6 Å². The zero-order chi connectivity index (χ0) is 22.1. The SMILES string of the molecule is CCOc1ccc(/C=N\NC(=O)C(NC(=O)c2ccc(Cl)cc2)C(C)C)cc1OC. The minimum Gasteiger partial charge on any atom is -0.493 e. The molecular weight excluding hydrogens is 406 g/mol. The van der Waals surface area contributed by atoms with Gasteiger partial charge in [0.05, 0.1) is 19.9 Å². The average molecular weight is 432 g/mol. The van der Waals surface area contributed by atoms with Gasteiger partial charge in [-0.2, -0.15) is 5.10 Å². The summed E-state index contributed by atoms with van der Waals surface area (Å²) in [5.41, 5.74) is 3.62. The van der Waals surface area contributed by atoms with Crippen molar-refractivity contribution in [2.75, 3.05) is 13.7 Å². The summed E-state index contributed by atoms with van der Waals surface area (Å²) in [6.07, 6.45) is 1.49. The van der Waals surface area contributed by atoms with Crippen molar-refractivity contribution in [1.29, 1.82) is 0 Å². The molecule has 0 bridgehead atoms. The number of rotatable bonds is 9. The molecule has 0 saturated heterocycles. The molecule has 0 aliphatic carbocycles. The van der Waals surface area contributed by atoms with E-state index in [9.17, 15) is 9.59 Å². The van der Waals surface area contributed by atoms with Crippen LogP contribution in [-0.4, -0.2) is 37.8 Å². The van der Waals surface area contributed by atoms with E-state index >= 15 is 0 Å². The molecule has 0 fully saturated rings. The number of hydrogen-bond donors (Lipinski definition) is 2. The average Bonchev–Trinajstić information content (AvgIpc) is 2.73. The number of hydrogen-bond acceptors (Lipinski definition) is 5. The first-order chi connectivity index (χ1) is 14.3. The Bertz CT molecular complexity index is 898. The number of nitrogens with one attached hydrogen (secondary N) is 2. The predicted molar refractivity (Wildman–Crippen MR) is 117 cm³/mol. The molecule has 160 valence electrons. The van der Waals surface area contributed by atoms with Crippen molar-refractivity contribution in [2.45, 2.75) is 26.8 Å². The maximum Gasteiger partial charge on any atom is 0.262 e. The van der Waals surface area contributed by atoms with Crippen molar-refractivity contribution < 1.29 is 19.1 Å². The van der Waals surface area contributed by atoms with Gasteiger partial charge >= 0.3 is 0 Å². The Hall–Kier alpha value is -3.06. The number of carbonyl (C=O) groups excluding carboxylic acids is 2. The van der Waals surface area contributed by atoms with E-state index in [0.717, 1.165) is 5.56 Å². The highest BCUT2D eigenvalue weighted by Crippen LogP contribution is 2.27. The summed E-state index contributed by atoms with van der Waals surface area (Å²) in [6, 6.07) is 11.0. The summed E-state index contributed by atoms with van der Waals surface area (Å²) in [5.74, 6) is 0.289. The van der Waals surface area contributed by atoms with Crippen LogP contribution in [0.3, 0.4) is 0 Å². The number of methoxy groups -OCH3 is 1. The van der Waals surface area contributed by atoms with E-state index in [2.05, 4.69) is 15.8 Å². The summed E-state index contributed by atoms with van der Waals surface area (Å²) < 4.78 is 10.8. The number of hydrazone groups is 1. The highest BCUT2D eigenvalue weighted by atomic mass is 35.5. The van der Waals surface area contributed by atoms with Gasteiger partial charge in [-0.05, 0) is 60.9 Å². The van der Waals surface area contributed by atoms with Crippen LogP contribution < -0.4 is 20.2 Å². The van der Waals surface area contributed by atoms with E-state index in [-0.39, 0.29) is 11.8 Å². The largest absolute Gasteiger partial charge is 0.493 e. The molecule has 2 rings (SSSR count). The van der Waals surface area contributed by atoms with Gasteiger partial charge in [-0.25, -0.2) is 5.43 Å². The lowest BCUT2D eigenvalue weighted by atomic mass is 10.0. The van der Waals surface area contributed by atoms with Crippen LogP contribution in [0.1, 0.15) is 36.7 Å². The Morgan fingerprint density at radius 1 is 1.13 bits per heavy atom. The van der Waals surface area contributed by atoms with Crippen molar-refractivity contribution in [3.8, 4) is 11.5 Å². The summed E-state index contributed by atoms with van der Waals surface area (Å²) >= 11 is 5.85. The third-order valence-electron chi connectivity index (χ3n) is 4.22. The van der Waals surface area contributed by atoms with Gasteiger partial charge in [0.1, 0.15) is 6.04 Å². The highest BCUT2D eigenvalue weighted by molar-refractivity contribution is 6.30.